The zero-order chi connectivity index (χ0) is 23.6. The zero-order valence-corrected chi connectivity index (χ0v) is 19.4. The maximum absolute atomic E-state index is 12.9. The standard InChI is InChI=1S/C26H25N3O3S/c1-19-3-13-24(14-4-19)33(31,32)29(2)23-11-5-20(6-12-23)17-25(30)28-22-9-7-21(8-10-22)26(18-27)15-16-26/h3-14H,15-17H2,1-2H3,(H,28,30). The number of rotatable bonds is 7. The third-order valence-corrected chi connectivity index (χ3v) is 7.83. The van der Waals surface area contributed by atoms with E-state index in [0.717, 1.165) is 29.5 Å². The van der Waals surface area contributed by atoms with E-state index in [1.54, 1.807) is 48.5 Å². The van der Waals surface area contributed by atoms with Crippen molar-refractivity contribution in [3.8, 4) is 6.07 Å². The highest BCUT2D eigenvalue weighted by atomic mass is 32.2. The molecular weight excluding hydrogens is 434 g/mol. The van der Waals surface area contributed by atoms with Crippen molar-refractivity contribution in [2.75, 3.05) is 16.7 Å². The number of anilines is 2. The molecule has 1 fully saturated rings. The number of hydrogen-bond acceptors (Lipinski definition) is 4. The van der Waals surface area contributed by atoms with E-state index in [1.807, 2.05) is 31.2 Å². The van der Waals surface area contributed by atoms with E-state index in [2.05, 4.69) is 11.4 Å². The second-order valence-corrected chi connectivity index (χ2v) is 10.4. The monoisotopic (exact) mass is 459 g/mol. The Bertz CT molecular complexity index is 1300. The summed E-state index contributed by atoms with van der Waals surface area (Å²) in [6, 6.07) is 23.4. The molecular formula is C26H25N3O3S. The van der Waals surface area contributed by atoms with E-state index in [1.165, 1.54) is 11.4 Å². The highest BCUT2D eigenvalue weighted by Gasteiger charge is 2.44. The van der Waals surface area contributed by atoms with Gasteiger partial charge in [0.05, 0.1) is 28.5 Å². The van der Waals surface area contributed by atoms with Gasteiger partial charge in [-0.15, -0.1) is 0 Å². The molecule has 0 bridgehead atoms. The molecule has 0 heterocycles. The van der Waals surface area contributed by atoms with E-state index < -0.39 is 10.0 Å². The Hall–Kier alpha value is -3.63. The molecule has 0 atom stereocenters. The first-order chi connectivity index (χ1) is 15.7. The highest BCUT2D eigenvalue weighted by molar-refractivity contribution is 7.92. The van der Waals surface area contributed by atoms with E-state index in [0.29, 0.717) is 11.4 Å². The molecule has 0 spiro atoms. The molecule has 3 aromatic rings. The van der Waals surface area contributed by atoms with Gasteiger partial charge >= 0.3 is 0 Å². The van der Waals surface area contributed by atoms with Gasteiger partial charge in [-0.05, 0) is 67.3 Å². The molecule has 1 aliphatic carbocycles. The molecule has 7 heteroatoms. The summed E-state index contributed by atoms with van der Waals surface area (Å²) in [5.41, 5.74) is 3.60. The van der Waals surface area contributed by atoms with E-state index in [9.17, 15) is 18.5 Å². The Morgan fingerprint density at radius 2 is 1.61 bits per heavy atom. The van der Waals surface area contributed by atoms with Crippen molar-refractivity contribution in [2.45, 2.75) is 36.5 Å². The fourth-order valence-corrected chi connectivity index (χ4v) is 4.88. The summed E-state index contributed by atoms with van der Waals surface area (Å²) in [5, 5.41) is 12.2. The maximum Gasteiger partial charge on any atom is 0.264 e. The largest absolute Gasteiger partial charge is 0.326 e. The molecule has 0 aliphatic heterocycles. The fraction of sp³-hybridized carbons (Fsp3) is 0.231. The summed E-state index contributed by atoms with van der Waals surface area (Å²) in [6.07, 6.45) is 1.93. The molecule has 1 saturated carbocycles. The van der Waals surface area contributed by atoms with Crippen molar-refractivity contribution in [1.29, 1.82) is 5.26 Å². The summed E-state index contributed by atoms with van der Waals surface area (Å²) >= 11 is 0. The van der Waals surface area contributed by atoms with Gasteiger partial charge in [0.25, 0.3) is 10.0 Å². The van der Waals surface area contributed by atoms with Crippen LogP contribution < -0.4 is 9.62 Å². The van der Waals surface area contributed by atoms with Gasteiger partial charge in [0, 0.05) is 12.7 Å². The molecule has 1 N–H and O–H groups in total. The number of nitrogens with one attached hydrogen (secondary N) is 1. The SMILES string of the molecule is Cc1ccc(S(=O)(=O)N(C)c2ccc(CC(=O)Nc3ccc(C4(C#N)CC4)cc3)cc2)cc1. The van der Waals surface area contributed by atoms with Crippen LogP contribution >= 0.6 is 0 Å². The number of carbonyl (C=O) groups is 1. The van der Waals surface area contributed by atoms with Crippen molar-refractivity contribution in [3.05, 3.63) is 89.5 Å². The van der Waals surface area contributed by atoms with Crippen molar-refractivity contribution in [2.24, 2.45) is 0 Å². The number of aryl methyl sites for hydroxylation is 1. The average molecular weight is 460 g/mol. The first-order valence-corrected chi connectivity index (χ1v) is 12.1. The van der Waals surface area contributed by atoms with E-state index >= 15 is 0 Å². The van der Waals surface area contributed by atoms with Crippen molar-refractivity contribution < 1.29 is 13.2 Å². The molecule has 3 aromatic carbocycles. The van der Waals surface area contributed by atoms with Crippen LogP contribution in [0.1, 0.15) is 29.5 Å². The lowest BCUT2D eigenvalue weighted by molar-refractivity contribution is -0.115. The molecule has 168 valence electrons. The van der Waals surface area contributed by atoms with Gasteiger partial charge in [-0.1, -0.05) is 42.0 Å². The average Bonchev–Trinajstić information content (AvgIpc) is 3.61. The summed E-state index contributed by atoms with van der Waals surface area (Å²) in [5.74, 6) is -0.169. The van der Waals surface area contributed by atoms with Crippen LogP contribution in [0, 0.1) is 18.3 Å². The second kappa shape index (κ2) is 8.72. The summed E-state index contributed by atoms with van der Waals surface area (Å²) in [7, 11) is -2.15. The molecule has 0 radical (unpaired) electrons. The minimum absolute atomic E-state index is 0.165. The van der Waals surface area contributed by atoms with Gasteiger partial charge in [-0.3, -0.25) is 9.10 Å². The van der Waals surface area contributed by atoms with E-state index in [4.69, 9.17) is 0 Å². The van der Waals surface area contributed by atoms with Crippen molar-refractivity contribution >= 4 is 27.3 Å². The zero-order valence-electron chi connectivity index (χ0n) is 18.6. The number of hydrogen-bond donors (Lipinski definition) is 1. The number of carbonyl (C=O) groups excluding carboxylic acids is 1. The third-order valence-electron chi connectivity index (χ3n) is 6.03. The second-order valence-electron chi connectivity index (χ2n) is 8.45. The van der Waals surface area contributed by atoms with Gasteiger partial charge in [-0.25, -0.2) is 8.42 Å². The normalized spacial score (nSPS) is 14.2. The lowest BCUT2D eigenvalue weighted by atomic mass is 9.98. The molecule has 0 unspecified atom stereocenters. The quantitative estimate of drug-likeness (QED) is 0.561. The van der Waals surface area contributed by atoms with Crippen LogP contribution in [0.3, 0.4) is 0 Å². The van der Waals surface area contributed by atoms with Crippen molar-refractivity contribution in [1.82, 2.24) is 0 Å². The lowest BCUT2D eigenvalue weighted by Crippen LogP contribution is -2.26. The number of benzene rings is 3. The molecule has 33 heavy (non-hydrogen) atoms. The topological polar surface area (TPSA) is 90.3 Å². The molecule has 1 amide bonds. The number of amides is 1. The van der Waals surface area contributed by atoms with Gasteiger partial charge in [0.2, 0.25) is 5.91 Å². The summed E-state index contributed by atoms with van der Waals surface area (Å²) < 4.78 is 27.0. The number of nitriles is 1. The fourth-order valence-electron chi connectivity index (χ4n) is 3.68. The Labute approximate surface area is 194 Å². The Kier molecular flexibility index (Phi) is 5.96. The summed E-state index contributed by atoms with van der Waals surface area (Å²) in [6.45, 7) is 1.90. The van der Waals surface area contributed by atoms with Crippen LogP contribution in [0.25, 0.3) is 0 Å². The smallest absolute Gasteiger partial charge is 0.264 e. The van der Waals surface area contributed by atoms with Crippen LogP contribution in [0.15, 0.2) is 77.7 Å². The van der Waals surface area contributed by atoms with Crippen LogP contribution in [0.4, 0.5) is 11.4 Å². The predicted octanol–water partition coefficient (Wildman–Crippen LogP) is 4.56. The van der Waals surface area contributed by atoms with Crippen LogP contribution in [-0.2, 0) is 26.7 Å². The third kappa shape index (κ3) is 4.76. The van der Waals surface area contributed by atoms with Crippen LogP contribution in [0.2, 0.25) is 0 Å². The Morgan fingerprint density at radius 1 is 1.00 bits per heavy atom. The maximum atomic E-state index is 12.9. The minimum Gasteiger partial charge on any atom is -0.326 e. The molecule has 0 saturated heterocycles. The van der Waals surface area contributed by atoms with E-state index in [-0.39, 0.29) is 22.6 Å². The first kappa shape index (κ1) is 22.6. The predicted molar refractivity (Wildman–Crippen MR) is 129 cm³/mol. The van der Waals surface area contributed by atoms with Gasteiger partial charge in [0.15, 0.2) is 0 Å². The molecule has 4 rings (SSSR count). The molecule has 0 aromatic heterocycles. The van der Waals surface area contributed by atoms with Crippen molar-refractivity contribution in [3.63, 3.8) is 0 Å². The lowest BCUT2D eigenvalue weighted by Gasteiger charge is -2.20. The Balaban J connectivity index is 1.38. The first-order valence-electron chi connectivity index (χ1n) is 10.7. The number of nitrogens with zero attached hydrogens (tertiary/aromatic N) is 2. The van der Waals surface area contributed by atoms with Crippen LogP contribution in [0.5, 0.6) is 0 Å². The van der Waals surface area contributed by atoms with Gasteiger partial charge < -0.3 is 5.32 Å². The molecule has 1 aliphatic rings. The van der Waals surface area contributed by atoms with Gasteiger partial charge in [-0.2, -0.15) is 5.26 Å². The minimum atomic E-state index is -3.66. The Morgan fingerprint density at radius 3 is 2.15 bits per heavy atom. The summed E-state index contributed by atoms with van der Waals surface area (Å²) in [4.78, 5) is 12.7. The highest BCUT2D eigenvalue weighted by Crippen LogP contribution is 2.47. The molecule has 6 nitrogen and oxygen atoms in total. The van der Waals surface area contributed by atoms with Gasteiger partial charge in [0.1, 0.15) is 0 Å². The van der Waals surface area contributed by atoms with Crippen LogP contribution in [-0.4, -0.2) is 21.4 Å². The number of sulfonamides is 1.